The second-order valence-corrected chi connectivity index (χ2v) is 7.46. The van der Waals surface area contributed by atoms with Crippen molar-refractivity contribution >= 4 is 39.9 Å². The number of pyridine rings is 1. The van der Waals surface area contributed by atoms with Crippen molar-refractivity contribution in [1.29, 1.82) is 0 Å². The van der Waals surface area contributed by atoms with Gasteiger partial charge in [0.15, 0.2) is 6.61 Å². The lowest BCUT2D eigenvalue weighted by molar-refractivity contribution is -0.134. The number of hydrogen-bond donors (Lipinski definition) is 1. The van der Waals surface area contributed by atoms with Crippen molar-refractivity contribution in [2.75, 3.05) is 37.7 Å². The van der Waals surface area contributed by atoms with Crippen LogP contribution in [0.25, 0.3) is 10.8 Å². The van der Waals surface area contributed by atoms with E-state index in [2.05, 4.69) is 9.88 Å². The Bertz CT molecular complexity index is 1150. The van der Waals surface area contributed by atoms with Crippen LogP contribution in [0.1, 0.15) is 10.5 Å². The summed E-state index contributed by atoms with van der Waals surface area (Å²) >= 11 is 6.04. The number of ether oxygens (including phenoxy) is 1. The van der Waals surface area contributed by atoms with Crippen molar-refractivity contribution in [3.05, 3.63) is 75.7 Å². The molecule has 2 heterocycles. The summed E-state index contributed by atoms with van der Waals surface area (Å²) in [5.41, 5.74) is 0.669. The highest BCUT2D eigenvalue weighted by molar-refractivity contribution is 6.30. The SMILES string of the molecule is O=C(OCC(=O)N1CCN(c2cccc(Cl)c2)CC1)c1cc2ccccc2c(=O)[nH]1. The third-order valence-corrected chi connectivity index (χ3v) is 5.34. The summed E-state index contributed by atoms with van der Waals surface area (Å²) in [6.07, 6.45) is 0. The van der Waals surface area contributed by atoms with Gasteiger partial charge in [0.2, 0.25) is 0 Å². The van der Waals surface area contributed by atoms with E-state index in [1.54, 1.807) is 35.2 Å². The Labute approximate surface area is 177 Å². The van der Waals surface area contributed by atoms with Gasteiger partial charge in [0.25, 0.3) is 11.5 Å². The van der Waals surface area contributed by atoms with Crippen molar-refractivity contribution in [2.45, 2.75) is 0 Å². The van der Waals surface area contributed by atoms with Gasteiger partial charge in [-0.25, -0.2) is 4.79 Å². The largest absolute Gasteiger partial charge is 0.451 e. The van der Waals surface area contributed by atoms with E-state index in [4.69, 9.17) is 16.3 Å². The molecule has 0 aliphatic carbocycles. The minimum atomic E-state index is -0.733. The topological polar surface area (TPSA) is 82.7 Å². The number of piperazine rings is 1. The molecule has 154 valence electrons. The Kier molecular flexibility index (Phi) is 5.72. The maximum absolute atomic E-state index is 12.4. The number of nitrogens with one attached hydrogen (secondary N) is 1. The first kappa shape index (κ1) is 20.0. The van der Waals surface area contributed by atoms with Crippen LogP contribution in [0.5, 0.6) is 0 Å². The monoisotopic (exact) mass is 425 g/mol. The first-order chi connectivity index (χ1) is 14.5. The Balaban J connectivity index is 1.33. The normalized spacial score (nSPS) is 14.0. The number of amides is 1. The lowest BCUT2D eigenvalue weighted by Crippen LogP contribution is -2.49. The van der Waals surface area contributed by atoms with E-state index in [-0.39, 0.29) is 23.8 Å². The first-order valence-corrected chi connectivity index (χ1v) is 9.96. The number of rotatable bonds is 4. The molecule has 3 aromatic rings. The lowest BCUT2D eigenvalue weighted by Gasteiger charge is -2.36. The molecule has 0 radical (unpaired) electrons. The van der Waals surface area contributed by atoms with E-state index in [9.17, 15) is 14.4 Å². The smallest absolute Gasteiger partial charge is 0.355 e. The predicted octanol–water partition coefficient (Wildman–Crippen LogP) is 2.69. The standard InChI is InChI=1S/C22H20ClN3O4/c23-16-5-3-6-17(13-16)25-8-10-26(11-9-25)20(27)14-30-22(29)19-12-15-4-1-2-7-18(15)21(28)24-19/h1-7,12-13H,8-11,14H2,(H,24,28). The fourth-order valence-corrected chi connectivity index (χ4v) is 3.69. The minimum absolute atomic E-state index is 0.0253. The molecule has 2 aromatic carbocycles. The number of esters is 1. The average Bonchev–Trinajstić information content (AvgIpc) is 2.77. The van der Waals surface area contributed by atoms with Crippen molar-refractivity contribution in [2.24, 2.45) is 0 Å². The molecule has 30 heavy (non-hydrogen) atoms. The average molecular weight is 426 g/mol. The van der Waals surface area contributed by atoms with Gasteiger partial charge in [-0.2, -0.15) is 0 Å². The predicted molar refractivity (Wildman–Crippen MR) is 115 cm³/mol. The van der Waals surface area contributed by atoms with E-state index in [1.165, 1.54) is 0 Å². The highest BCUT2D eigenvalue weighted by Crippen LogP contribution is 2.20. The molecule has 8 heteroatoms. The summed E-state index contributed by atoms with van der Waals surface area (Å²) in [6.45, 7) is 2.01. The number of halogens is 1. The molecule has 0 atom stereocenters. The molecule has 1 aliphatic rings. The Morgan fingerprint density at radius 3 is 2.53 bits per heavy atom. The maximum Gasteiger partial charge on any atom is 0.355 e. The van der Waals surface area contributed by atoms with Gasteiger partial charge < -0.3 is 19.5 Å². The number of aromatic nitrogens is 1. The van der Waals surface area contributed by atoms with Crippen LogP contribution in [0, 0.1) is 0 Å². The molecule has 1 aromatic heterocycles. The highest BCUT2D eigenvalue weighted by Gasteiger charge is 2.23. The molecule has 0 unspecified atom stereocenters. The van der Waals surface area contributed by atoms with Crippen LogP contribution in [0.3, 0.4) is 0 Å². The summed E-state index contributed by atoms with van der Waals surface area (Å²) in [5, 5.41) is 1.80. The second-order valence-electron chi connectivity index (χ2n) is 7.02. The van der Waals surface area contributed by atoms with E-state index in [0.29, 0.717) is 42.0 Å². The van der Waals surface area contributed by atoms with Gasteiger partial charge in [-0.15, -0.1) is 0 Å². The van der Waals surface area contributed by atoms with Crippen LogP contribution in [0.15, 0.2) is 59.4 Å². The Morgan fingerprint density at radius 2 is 1.77 bits per heavy atom. The van der Waals surface area contributed by atoms with Crippen molar-refractivity contribution < 1.29 is 14.3 Å². The van der Waals surface area contributed by atoms with Gasteiger partial charge in [0.1, 0.15) is 5.69 Å². The van der Waals surface area contributed by atoms with Crippen LogP contribution in [-0.2, 0) is 9.53 Å². The molecule has 1 amide bonds. The molecule has 0 spiro atoms. The molecule has 0 bridgehead atoms. The van der Waals surface area contributed by atoms with Crippen LogP contribution in [-0.4, -0.2) is 54.5 Å². The fraction of sp³-hybridized carbons (Fsp3) is 0.227. The maximum atomic E-state index is 12.4. The third kappa shape index (κ3) is 4.31. The minimum Gasteiger partial charge on any atom is -0.451 e. The van der Waals surface area contributed by atoms with Gasteiger partial charge in [-0.1, -0.05) is 35.9 Å². The van der Waals surface area contributed by atoms with Crippen LogP contribution >= 0.6 is 11.6 Å². The zero-order chi connectivity index (χ0) is 21.1. The van der Waals surface area contributed by atoms with Crippen molar-refractivity contribution in [3.8, 4) is 0 Å². The highest BCUT2D eigenvalue weighted by atomic mass is 35.5. The fourth-order valence-electron chi connectivity index (χ4n) is 3.50. The van der Waals surface area contributed by atoms with Gasteiger partial charge in [0, 0.05) is 42.3 Å². The first-order valence-electron chi connectivity index (χ1n) is 9.59. The number of fused-ring (bicyclic) bond motifs is 1. The van der Waals surface area contributed by atoms with Crippen molar-refractivity contribution in [3.63, 3.8) is 0 Å². The number of anilines is 1. The summed E-state index contributed by atoms with van der Waals surface area (Å²) in [5.74, 6) is -0.999. The molecule has 0 saturated carbocycles. The summed E-state index contributed by atoms with van der Waals surface area (Å²) in [4.78, 5) is 43.2. The van der Waals surface area contributed by atoms with E-state index in [1.807, 2.05) is 24.3 Å². The number of aromatic amines is 1. The zero-order valence-corrected chi connectivity index (χ0v) is 16.9. The van der Waals surface area contributed by atoms with E-state index in [0.717, 1.165) is 5.69 Å². The second kappa shape index (κ2) is 8.59. The molecule has 1 aliphatic heterocycles. The number of H-pyrrole nitrogens is 1. The molecular formula is C22H20ClN3O4. The van der Waals surface area contributed by atoms with Crippen LogP contribution in [0.4, 0.5) is 5.69 Å². The summed E-state index contributed by atoms with van der Waals surface area (Å²) < 4.78 is 5.14. The van der Waals surface area contributed by atoms with Crippen LogP contribution < -0.4 is 10.5 Å². The van der Waals surface area contributed by atoms with E-state index >= 15 is 0 Å². The van der Waals surface area contributed by atoms with Crippen LogP contribution in [0.2, 0.25) is 5.02 Å². The van der Waals surface area contributed by atoms with Crippen molar-refractivity contribution in [1.82, 2.24) is 9.88 Å². The number of carbonyl (C=O) groups is 2. The molecule has 1 fully saturated rings. The van der Waals surface area contributed by atoms with E-state index < -0.39 is 5.97 Å². The number of carbonyl (C=O) groups excluding carboxylic acids is 2. The molecule has 7 nitrogen and oxygen atoms in total. The third-order valence-electron chi connectivity index (χ3n) is 5.11. The summed E-state index contributed by atoms with van der Waals surface area (Å²) in [6, 6.07) is 16.1. The Morgan fingerprint density at radius 1 is 1.00 bits per heavy atom. The zero-order valence-electron chi connectivity index (χ0n) is 16.1. The van der Waals surface area contributed by atoms with Gasteiger partial charge in [-0.3, -0.25) is 9.59 Å². The number of benzene rings is 2. The van der Waals surface area contributed by atoms with Gasteiger partial charge in [-0.05, 0) is 35.7 Å². The molecule has 4 rings (SSSR count). The molecular weight excluding hydrogens is 406 g/mol. The number of nitrogens with zero attached hydrogens (tertiary/aromatic N) is 2. The quantitative estimate of drug-likeness (QED) is 0.650. The van der Waals surface area contributed by atoms with Gasteiger partial charge >= 0.3 is 5.97 Å². The Hall–Kier alpha value is -3.32. The number of hydrogen-bond acceptors (Lipinski definition) is 5. The molecule has 1 N–H and O–H groups in total. The summed E-state index contributed by atoms with van der Waals surface area (Å²) in [7, 11) is 0. The lowest BCUT2D eigenvalue weighted by atomic mass is 10.1. The van der Waals surface area contributed by atoms with Gasteiger partial charge in [0.05, 0.1) is 0 Å². The molecule has 1 saturated heterocycles.